The second-order valence-electron chi connectivity index (χ2n) is 5.18. The Hall–Kier alpha value is -1.07. The van der Waals surface area contributed by atoms with Crippen LogP contribution in [0.15, 0.2) is 22.7 Å². The number of halogens is 2. The molecule has 0 heterocycles. The van der Waals surface area contributed by atoms with Gasteiger partial charge in [-0.15, -0.1) is 0 Å². The molecule has 0 aliphatic heterocycles. The molecule has 0 fully saturated rings. The Labute approximate surface area is 138 Å². The third-order valence-electron chi connectivity index (χ3n) is 2.85. The Bertz CT molecular complexity index is 520. The van der Waals surface area contributed by atoms with Crippen molar-refractivity contribution in [3.05, 3.63) is 33.3 Å². The number of hydrogen-bond donors (Lipinski definition) is 1. The fraction of sp³-hybridized carbons (Fsp3) is 0.467. The van der Waals surface area contributed by atoms with Gasteiger partial charge in [-0.3, -0.25) is 4.79 Å². The number of ether oxygens (including phenoxy) is 1. The van der Waals surface area contributed by atoms with Crippen molar-refractivity contribution in [1.29, 1.82) is 0 Å². The molecule has 0 radical (unpaired) electrons. The summed E-state index contributed by atoms with van der Waals surface area (Å²) in [5, 5.41) is 3.29. The molecule has 1 N–H and O–H groups in total. The molecule has 21 heavy (non-hydrogen) atoms. The first-order valence-electron chi connectivity index (χ1n) is 6.64. The number of carbonyl (C=O) groups excluding carboxylic acids is 2. The zero-order valence-electron chi connectivity index (χ0n) is 12.3. The van der Waals surface area contributed by atoms with Crippen LogP contribution in [-0.2, 0) is 20.7 Å². The van der Waals surface area contributed by atoms with Gasteiger partial charge in [-0.05, 0) is 29.7 Å². The first kappa shape index (κ1) is 18.0. The van der Waals surface area contributed by atoms with Crippen molar-refractivity contribution in [2.24, 2.45) is 5.92 Å². The molecule has 0 bridgehead atoms. The summed E-state index contributed by atoms with van der Waals surface area (Å²) in [4.78, 5) is 23.7. The summed E-state index contributed by atoms with van der Waals surface area (Å²) in [5.74, 6) is -0.418. The van der Waals surface area contributed by atoms with Crippen molar-refractivity contribution in [3.63, 3.8) is 0 Å². The van der Waals surface area contributed by atoms with Gasteiger partial charge >= 0.3 is 5.97 Å². The first-order valence-corrected chi connectivity index (χ1v) is 7.81. The molecule has 1 aromatic carbocycles. The van der Waals surface area contributed by atoms with E-state index in [2.05, 4.69) is 21.2 Å². The van der Waals surface area contributed by atoms with Gasteiger partial charge in [0.05, 0.1) is 7.11 Å². The summed E-state index contributed by atoms with van der Waals surface area (Å²) < 4.78 is 5.59. The predicted molar refractivity (Wildman–Crippen MR) is 86.3 cm³/mol. The Balaban J connectivity index is 2.86. The van der Waals surface area contributed by atoms with Crippen LogP contribution in [0.3, 0.4) is 0 Å². The standard InChI is InChI=1S/C15H19BrClNO3/c1-9(2)6-14(19)18-13(15(20)21-3)8-10-7-11(17)4-5-12(10)16/h4-5,7,9,13H,6,8H2,1-3H3,(H,18,19)/t13-/m1/s1. The number of rotatable bonds is 6. The van der Waals surface area contributed by atoms with E-state index in [1.807, 2.05) is 19.9 Å². The number of benzene rings is 1. The zero-order chi connectivity index (χ0) is 16.0. The molecule has 0 aromatic heterocycles. The second kappa shape index (κ2) is 8.39. The molecule has 0 saturated carbocycles. The highest BCUT2D eigenvalue weighted by molar-refractivity contribution is 9.10. The van der Waals surface area contributed by atoms with E-state index in [1.54, 1.807) is 12.1 Å². The number of nitrogens with one attached hydrogen (secondary N) is 1. The van der Waals surface area contributed by atoms with E-state index in [0.29, 0.717) is 17.9 Å². The Kier molecular flexibility index (Phi) is 7.18. The van der Waals surface area contributed by atoms with Gasteiger partial charge in [0.1, 0.15) is 6.04 Å². The SMILES string of the molecule is COC(=O)[C@@H](Cc1cc(Cl)ccc1Br)NC(=O)CC(C)C. The van der Waals surface area contributed by atoms with E-state index in [1.165, 1.54) is 7.11 Å². The molecule has 0 unspecified atom stereocenters. The average molecular weight is 377 g/mol. The molecule has 4 nitrogen and oxygen atoms in total. The van der Waals surface area contributed by atoms with E-state index in [4.69, 9.17) is 16.3 Å². The van der Waals surface area contributed by atoms with Gasteiger partial charge < -0.3 is 10.1 Å². The van der Waals surface area contributed by atoms with Crippen molar-refractivity contribution >= 4 is 39.4 Å². The zero-order valence-corrected chi connectivity index (χ0v) is 14.6. The van der Waals surface area contributed by atoms with E-state index in [-0.39, 0.29) is 11.8 Å². The van der Waals surface area contributed by atoms with Gasteiger partial charge in [-0.1, -0.05) is 41.4 Å². The highest BCUT2D eigenvalue weighted by atomic mass is 79.9. The van der Waals surface area contributed by atoms with Crippen LogP contribution in [-0.4, -0.2) is 25.0 Å². The molecule has 0 aliphatic carbocycles. The lowest BCUT2D eigenvalue weighted by atomic mass is 10.0. The molecule has 116 valence electrons. The van der Waals surface area contributed by atoms with Gasteiger partial charge in [-0.2, -0.15) is 0 Å². The maximum atomic E-state index is 11.9. The molecule has 1 aromatic rings. The normalized spacial score (nSPS) is 12.1. The molecule has 1 amide bonds. The quantitative estimate of drug-likeness (QED) is 0.775. The third-order valence-corrected chi connectivity index (χ3v) is 3.86. The summed E-state index contributed by atoms with van der Waals surface area (Å²) in [6, 6.07) is 4.59. The van der Waals surface area contributed by atoms with E-state index in [0.717, 1.165) is 10.0 Å². The number of amides is 1. The van der Waals surface area contributed by atoms with E-state index >= 15 is 0 Å². The van der Waals surface area contributed by atoms with Gasteiger partial charge in [0.2, 0.25) is 5.91 Å². The minimum absolute atomic E-state index is 0.168. The average Bonchev–Trinajstić information content (AvgIpc) is 2.40. The third kappa shape index (κ3) is 6.06. The summed E-state index contributed by atoms with van der Waals surface area (Å²) in [7, 11) is 1.30. The lowest BCUT2D eigenvalue weighted by Crippen LogP contribution is -2.43. The predicted octanol–water partition coefficient (Wildman–Crippen LogP) is 3.35. The topological polar surface area (TPSA) is 55.4 Å². The van der Waals surface area contributed by atoms with Gasteiger partial charge in [0.15, 0.2) is 0 Å². The van der Waals surface area contributed by atoms with Crippen LogP contribution in [0.5, 0.6) is 0 Å². The molecule has 0 saturated heterocycles. The number of hydrogen-bond acceptors (Lipinski definition) is 3. The van der Waals surface area contributed by atoms with Crippen LogP contribution in [0, 0.1) is 5.92 Å². The highest BCUT2D eigenvalue weighted by Gasteiger charge is 2.23. The minimum Gasteiger partial charge on any atom is -0.467 e. The molecular formula is C15H19BrClNO3. The van der Waals surface area contributed by atoms with Gasteiger partial charge in [-0.25, -0.2) is 4.79 Å². The van der Waals surface area contributed by atoms with Crippen LogP contribution in [0.2, 0.25) is 5.02 Å². The van der Waals surface area contributed by atoms with Crippen LogP contribution < -0.4 is 5.32 Å². The minimum atomic E-state index is -0.726. The van der Waals surface area contributed by atoms with Crippen molar-refractivity contribution in [2.45, 2.75) is 32.7 Å². The number of esters is 1. The summed E-state index contributed by atoms with van der Waals surface area (Å²) in [6.45, 7) is 3.89. The van der Waals surface area contributed by atoms with E-state index < -0.39 is 12.0 Å². The van der Waals surface area contributed by atoms with Crippen molar-refractivity contribution in [2.75, 3.05) is 7.11 Å². The number of carbonyl (C=O) groups is 2. The lowest BCUT2D eigenvalue weighted by Gasteiger charge is -2.18. The maximum Gasteiger partial charge on any atom is 0.328 e. The Morgan fingerprint density at radius 2 is 2.05 bits per heavy atom. The number of methoxy groups -OCH3 is 1. The summed E-state index contributed by atoms with van der Waals surface area (Å²) in [5.41, 5.74) is 0.836. The van der Waals surface area contributed by atoms with Crippen LogP contribution in [0.4, 0.5) is 0 Å². The highest BCUT2D eigenvalue weighted by Crippen LogP contribution is 2.22. The molecular weight excluding hydrogens is 358 g/mol. The second-order valence-corrected chi connectivity index (χ2v) is 6.47. The maximum absolute atomic E-state index is 11.9. The summed E-state index contributed by atoms with van der Waals surface area (Å²) in [6.07, 6.45) is 0.682. The van der Waals surface area contributed by atoms with E-state index in [9.17, 15) is 9.59 Å². The first-order chi connectivity index (χ1) is 9.83. The Morgan fingerprint density at radius 3 is 2.62 bits per heavy atom. The van der Waals surface area contributed by atoms with Gasteiger partial charge in [0, 0.05) is 22.3 Å². The molecule has 6 heteroatoms. The fourth-order valence-corrected chi connectivity index (χ4v) is 2.48. The van der Waals surface area contributed by atoms with Crippen molar-refractivity contribution < 1.29 is 14.3 Å². The smallest absolute Gasteiger partial charge is 0.328 e. The van der Waals surface area contributed by atoms with Crippen molar-refractivity contribution in [1.82, 2.24) is 5.32 Å². The Morgan fingerprint density at radius 1 is 1.38 bits per heavy atom. The van der Waals surface area contributed by atoms with Crippen LogP contribution in [0.1, 0.15) is 25.8 Å². The molecule has 0 spiro atoms. The van der Waals surface area contributed by atoms with Gasteiger partial charge in [0.25, 0.3) is 0 Å². The molecule has 0 aliphatic rings. The fourth-order valence-electron chi connectivity index (χ4n) is 1.88. The molecule has 1 atom stereocenters. The molecule has 1 rings (SSSR count). The van der Waals surface area contributed by atoms with Crippen molar-refractivity contribution in [3.8, 4) is 0 Å². The monoisotopic (exact) mass is 375 g/mol. The lowest BCUT2D eigenvalue weighted by molar-refractivity contribution is -0.145. The largest absolute Gasteiger partial charge is 0.467 e. The van der Waals surface area contributed by atoms with Crippen LogP contribution in [0.25, 0.3) is 0 Å². The van der Waals surface area contributed by atoms with Crippen LogP contribution >= 0.6 is 27.5 Å². The summed E-state index contributed by atoms with van der Waals surface area (Å²) >= 11 is 9.38.